The van der Waals surface area contributed by atoms with Gasteiger partial charge in [0, 0.05) is 23.6 Å². The third-order valence-electron chi connectivity index (χ3n) is 10.0. The van der Waals surface area contributed by atoms with Crippen LogP contribution in [-0.2, 0) is 27.3 Å². The molecule has 45 heavy (non-hydrogen) atoms. The standard InChI is InChI=1S/C34H39N3O8/c1-36(2)28-22-15-18-14-21-19(20-13-17(7-10-24(20)45-3)16-37-11-5-4-6-12-37)8-9-23(38)26(21)29(39)25(18)31(41)34(22,44)32(42)27(30(28)40)33(35)43/h7-10,13,18,22,28,38-39,42,44H,4-6,11-12,14-16H2,1-3H3,(H2,35,43). The second-order valence-electron chi connectivity index (χ2n) is 12.8. The number of aliphatic hydroxyl groups is 3. The second-order valence-corrected chi connectivity index (χ2v) is 12.8. The Bertz CT molecular complexity index is 1670. The number of benzene rings is 2. The number of nitrogens with zero attached hydrogens (tertiary/aromatic N) is 2. The first kappa shape index (κ1) is 30.8. The number of methoxy groups -OCH3 is 1. The van der Waals surface area contributed by atoms with Crippen molar-refractivity contribution < 1.29 is 39.5 Å². The first-order chi connectivity index (χ1) is 21.4. The molecule has 0 radical (unpaired) electrons. The van der Waals surface area contributed by atoms with E-state index in [1.54, 1.807) is 27.3 Å². The number of piperidine rings is 1. The second kappa shape index (κ2) is 11.3. The molecule has 0 spiro atoms. The van der Waals surface area contributed by atoms with E-state index in [1.807, 2.05) is 12.1 Å². The minimum atomic E-state index is -2.68. The van der Waals surface area contributed by atoms with Gasteiger partial charge in [-0.15, -0.1) is 0 Å². The van der Waals surface area contributed by atoms with Gasteiger partial charge in [-0.3, -0.25) is 24.2 Å². The smallest absolute Gasteiger partial charge is 0.255 e. The Balaban J connectivity index is 1.49. The normalized spacial score (nSPS) is 26.9. The summed E-state index contributed by atoms with van der Waals surface area (Å²) in [6, 6.07) is 8.05. The summed E-state index contributed by atoms with van der Waals surface area (Å²) in [5.41, 5.74) is 4.93. The number of carbonyl (C=O) groups is 3. The zero-order valence-corrected chi connectivity index (χ0v) is 25.7. The number of ketones is 2. The van der Waals surface area contributed by atoms with Crippen molar-refractivity contribution in [1.29, 1.82) is 0 Å². The fraction of sp³-hybridized carbons (Fsp3) is 0.441. The minimum absolute atomic E-state index is 0.0208. The number of hydrogen-bond donors (Lipinski definition) is 5. The summed E-state index contributed by atoms with van der Waals surface area (Å²) in [7, 11) is 4.73. The van der Waals surface area contributed by atoms with Crippen molar-refractivity contribution in [3.63, 3.8) is 0 Å². The van der Waals surface area contributed by atoms with Crippen molar-refractivity contribution in [2.24, 2.45) is 17.6 Å². The van der Waals surface area contributed by atoms with Gasteiger partial charge in [0.15, 0.2) is 11.4 Å². The topological polar surface area (TPSA) is 174 Å². The number of ether oxygens (including phenoxy) is 1. The lowest BCUT2D eigenvalue weighted by molar-refractivity contribution is -0.153. The van der Waals surface area contributed by atoms with Crippen LogP contribution in [0.3, 0.4) is 0 Å². The molecule has 2 aromatic rings. The van der Waals surface area contributed by atoms with E-state index >= 15 is 0 Å². The summed E-state index contributed by atoms with van der Waals surface area (Å²) < 4.78 is 5.74. The van der Waals surface area contributed by atoms with Gasteiger partial charge in [-0.2, -0.15) is 0 Å². The van der Waals surface area contributed by atoms with Crippen LogP contribution in [-0.4, -0.2) is 93.6 Å². The average Bonchev–Trinajstić information content (AvgIpc) is 2.99. The Morgan fingerprint density at radius 1 is 1.07 bits per heavy atom. The predicted molar refractivity (Wildman–Crippen MR) is 165 cm³/mol. The monoisotopic (exact) mass is 617 g/mol. The van der Waals surface area contributed by atoms with Crippen LogP contribution in [0.2, 0.25) is 0 Å². The van der Waals surface area contributed by atoms with Gasteiger partial charge in [0.05, 0.1) is 18.7 Å². The maximum Gasteiger partial charge on any atom is 0.255 e. The Kier molecular flexibility index (Phi) is 7.75. The molecule has 2 aromatic carbocycles. The summed E-state index contributed by atoms with van der Waals surface area (Å²) in [5, 5.41) is 45.6. The number of likely N-dealkylation sites (N-methyl/N-ethyl adjacent to an activating group) is 1. The number of likely N-dealkylation sites (tertiary alicyclic amines) is 1. The van der Waals surface area contributed by atoms with Gasteiger partial charge in [-0.1, -0.05) is 18.6 Å². The lowest BCUT2D eigenvalue weighted by Crippen LogP contribution is -2.65. The molecule has 3 aliphatic carbocycles. The van der Waals surface area contributed by atoms with Gasteiger partial charge in [0.2, 0.25) is 5.78 Å². The van der Waals surface area contributed by atoms with Crippen LogP contribution in [0.1, 0.15) is 42.4 Å². The molecule has 1 aliphatic heterocycles. The van der Waals surface area contributed by atoms with Crippen LogP contribution < -0.4 is 10.5 Å². The molecule has 238 valence electrons. The fourth-order valence-corrected chi connectivity index (χ4v) is 7.94. The third kappa shape index (κ3) is 4.72. The number of Topliss-reactive ketones (excluding diaryl/α,β-unsaturated/α-hetero) is 2. The molecule has 1 heterocycles. The quantitative estimate of drug-likeness (QED) is 0.303. The van der Waals surface area contributed by atoms with E-state index in [9.17, 15) is 34.8 Å². The van der Waals surface area contributed by atoms with Gasteiger partial charge >= 0.3 is 0 Å². The lowest BCUT2D eigenvalue weighted by atomic mass is 9.57. The first-order valence-corrected chi connectivity index (χ1v) is 15.3. The molecule has 4 unspecified atom stereocenters. The molecule has 4 atom stereocenters. The maximum absolute atomic E-state index is 14.1. The fourth-order valence-electron chi connectivity index (χ4n) is 7.94. The van der Waals surface area contributed by atoms with E-state index in [2.05, 4.69) is 11.0 Å². The SMILES string of the molecule is COc1ccc(CN2CCCCC2)cc1-c1ccc(O)c2c1CC1CC3C(N(C)C)C(=O)C(C(N)=O)=C(O)C3(O)C(=O)C1=C2O. The molecule has 0 bridgehead atoms. The number of primary amides is 1. The highest BCUT2D eigenvalue weighted by molar-refractivity contribution is 6.24. The number of hydrogen-bond acceptors (Lipinski definition) is 10. The number of carbonyl (C=O) groups excluding carboxylic acids is 3. The molecule has 6 rings (SSSR count). The predicted octanol–water partition coefficient (Wildman–Crippen LogP) is 2.63. The van der Waals surface area contributed by atoms with Crippen molar-refractivity contribution in [3.05, 3.63) is 63.9 Å². The molecule has 1 amide bonds. The number of phenols is 1. The number of aliphatic hydroxyl groups excluding tert-OH is 2. The highest BCUT2D eigenvalue weighted by atomic mass is 16.5. The molecule has 11 nitrogen and oxygen atoms in total. The molecular formula is C34H39N3O8. The van der Waals surface area contributed by atoms with Gasteiger partial charge < -0.3 is 30.9 Å². The number of amides is 1. The van der Waals surface area contributed by atoms with Crippen molar-refractivity contribution in [2.45, 2.75) is 50.3 Å². The van der Waals surface area contributed by atoms with E-state index in [0.29, 0.717) is 16.9 Å². The number of fused-ring (bicyclic) bond motifs is 3. The van der Waals surface area contributed by atoms with Crippen LogP contribution in [0, 0.1) is 11.8 Å². The molecule has 1 saturated carbocycles. The van der Waals surface area contributed by atoms with Crippen molar-refractivity contribution >= 4 is 23.2 Å². The van der Waals surface area contributed by atoms with Gasteiger partial charge in [-0.05, 0) is 93.7 Å². The molecular weight excluding hydrogens is 578 g/mol. The van der Waals surface area contributed by atoms with Crippen LogP contribution in [0.4, 0.5) is 0 Å². The van der Waals surface area contributed by atoms with E-state index in [0.717, 1.165) is 43.6 Å². The van der Waals surface area contributed by atoms with Crippen LogP contribution in [0.25, 0.3) is 16.9 Å². The van der Waals surface area contributed by atoms with Crippen LogP contribution in [0.15, 0.2) is 47.2 Å². The largest absolute Gasteiger partial charge is 0.508 e. The molecule has 0 aromatic heterocycles. The van der Waals surface area contributed by atoms with Crippen molar-refractivity contribution in [3.8, 4) is 22.6 Å². The maximum atomic E-state index is 14.1. The number of phenolic OH excluding ortho intramolecular Hbond substituents is 1. The Morgan fingerprint density at radius 2 is 1.78 bits per heavy atom. The van der Waals surface area contributed by atoms with E-state index < -0.39 is 58.0 Å². The number of rotatable bonds is 6. The summed E-state index contributed by atoms with van der Waals surface area (Å²) in [6.07, 6.45) is 3.77. The zero-order chi connectivity index (χ0) is 32.4. The summed E-state index contributed by atoms with van der Waals surface area (Å²) in [6.45, 7) is 2.83. The average molecular weight is 618 g/mol. The molecule has 1 saturated heterocycles. The molecule has 11 heteroatoms. The van der Waals surface area contributed by atoms with Crippen LogP contribution >= 0.6 is 0 Å². The summed E-state index contributed by atoms with van der Waals surface area (Å²) >= 11 is 0. The zero-order valence-electron chi connectivity index (χ0n) is 25.7. The summed E-state index contributed by atoms with van der Waals surface area (Å²) in [4.78, 5) is 43.6. The van der Waals surface area contributed by atoms with Gasteiger partial charge in [0.1, 0.15) is 28.6 Å². The van der Waals surface area contributed by atoms with Crippen molar-refractivity contribution in [1.82, 2.24) is 9.80 Å². The summed E-state index contributed by atoms with van der Waals surface area (Å²) in [5.74, 6) is -6.17. The molecule has 4 aliphatic rings. The Labute approximate surface area is 261 Å². The number of aromatic hydroxyl groups is 1. The first-order valence-electron chi connectivity index (χ1n) is 15.3. The molecule has 6 N–H and O–H groups in total. The molecule has 2 fully saturated rings. The van der Waals surface area contributed by atoms with Gasteiger partial charge in [0.25, 0.3) is 5.91 Å². The highest BCUT2D eigenvalue weighted by Crippen LogP contribution is 2.54. The van der Waals surface area contributed by atoms with E-state index in [-0.39, 0.29) is 29.7 Å². The Morgan fingerprint density at radius 3 is 2.42 bits per heavy atom. The minimum Gasteiger partial charge on any atom is -0.508 e. The third-order valence-corrected chi connectivity index (χ3v) is 10.0. The van der Waals surface area contributed by atoms with Gasteiger partial charge in [-0.25, -0.2) is 0 Å². The van der Waals surface area contributed by atoms with Crippen LogP contribution in [0.5, 0.6) is 11.5 Å². The highest BCUT2D eigenvalue weighted by Gasteiger charge is 2.64. The Hall–Kier alpha value is -4.19. The van der Waals surface area contributed by atoms with E-state index in [4.69, 9.17) is 10.5 Å². The lowest BCUT2D eigenvalue weighted by Gasteiger charge is -2.50. The van der Waals surface area contributed by atoms with E-state index in [1.165, 1.54) is 17.4 Å². The number of nitrogens with two attached hydrogens (primary N) is 1. The van der Waals surface area contributed by atoms with Crippen molar-refractivity contribution in [2.75, 3.05) is 34.3 Å².